The van der Waals surface area contributed by atoms with E-state index in [4.69, 9.17) is 0 Å². The summed E-state index contributed by atoms with van der Waals surface area (Å²) in [6.07, 6.45) is 6.09. The van der Waals surface area contributed by atoms with Crippen molar-refractivity contribution < 1.29 is 5.11 Å². The number of nitrogens with zero attached hydrogens (tertiary/aromatic N) is 1. The van der Waals surface area contributed by atoms with Crippen LogP contribution < -0.4 is 0 Å². The van der Waals surface area contributed by atoms with E-state index >= 15 is 0 Å². The average molecular weight is 183 g/mol. The van der Waals surface area contributed by atoms with Gasteiger partial charge < -0.3 is 10.0 Å². The lowest BCUT2D eigenvalue weighted by atomic mass is 9.92. The fourth-order valence-electron chi connectivity index (χ4n) is 2.79. The van der Waals surface area contributed by atoms with Gasteiger partial charge in [0.1, 0.15) is 0 Å². The molecule has 0 amide bonds. The Morgan fingerprint density at radius 1 is 1.31 bits per heavy atom. The number of hydrogen-bond acceptors (Lipinski definition) is 2. The summed E-state index contributed by atoms with van der Waals surface area (Å²) in [5, 5.41) is 10.4. The molecule has 2 heteroatoms. The van der Waals surface area contributed by atoms with Crippen molar-refractivity contribution in [2.24, 2.45) is 5.92 Å². The molecule has 1 heterocycles. The van der Waals surface area contributed by atoms with Crippen molar-refractivity contribution in [2.45, 2.75) is 44.6 Å². The first kappa shape index (κ1) is 9.47. The number of aliphatic hydroxyl groups is 1. The fourth-order valence-corrected chi connectivity index (χ4v) is 2.79. The molecule has 0 radical (unpaired) electrons. The standard InChI is InChI=1S/C11H21NO/c1-10-5-4-6-11(10,13)9-12-7-2-3-8-12/h10,13H,2-9H2,1H3. The van der Waals surface area contributed by atoms with Crippen LogP contribution in [0.5, 0.6) is 0 Å². The third kappa shape index (κ3) is 1.89. The number of likely N-dealkylation sites (tertiary alicyclic amines) is 1. The predicted molar refractivity (Wildman–Crippen MR) is 53.6 cm³/mol. The van der Waals surface area contributed by atoms with Crippen molar-refractivity contribution in [3.05, 3.63) is 0 Å². The van der Waals surface area contributed by atoms with Gasteiger partial charge in [-0.3, -0.25) is 0 Å². The van der Waals surface area contributed by atoms with E-state index < -0.39 is 0 Å². The van der Waals surface area contributed by atoms with Gasteiger partial charge in [-0.15, -0.1) is 0 Å². The first-order valence-corrected chi connectivity index (χ1v) is 5.65. The Hall–Kier alpha value is -0.0800. The van der Waals surface area contributed by atoms with Crippen LogP contribution in [-0.4, -0.2) is 35.2 Å². The van der Waals surface area contributed by atoms with Crippen molar-refractivity contribution >= 4 is 0 Å². The Kier molecular flexibility index (Phi) is 2.61. The van der Waals surface area contributed by atoms with Crippen LogP contribution in [-0.2, 0) is 0 Å². The molecule has 0 aromatic rings. The molecule has 2 fully saturated rings. The lowest BCUT2D eigenvalue weighted by Gasteiger charge is -2.32. The molecule has 0 bridgehead atoms. The van der Waals surface area contributed by atoms with E-state index in [0.29, 0.717) is 5.92 Å². The molecule has 2 rings (SSSR count). The molecule has 2 unspecified atom stereocenters. The minimum Gasteiger partial charge on any atom is -0.388 e. The monoisotopic (exact) mass is 183 g/mol. The molecule has 1 saturated carbocycles. The molecule has 1 aliphatic carbocycles. The van der Waals surface area contributed by atoms with Gasteiger partial charge in [-0.25, -0.2) is 0 Å². The third-order valence-corrected chi connectivity index (χ3v) is 3.86. The van der Waals surface area contributed by atoms with Crippen molar-refractivity contribution in [3.63, 3.8) is 0 Å². The molecule has 0 aromatic heterocycles. The predicted octanol–water partition coefficient (Wildman–Crippen LogP) is 1.63. The number of β-amino-alcohol motifs (C(OH)–C–C–N with tert-alkyl or cyclic N) is 1. The Morgan fingerprint density at radius 2 is 2.00 bits per heavy atom. The van der Waals surface area contributed by atoms with Crippen LogP contribution in [0.25, 0.3) is 0 Å². The molecule has 1 aliphatic heterocycles. The molecule has 13 heavy (non-hydrogen) atoms. The second-order valence-corrected chi connectivity index (χ2v) is 4.88. The third-order valence-electron chi connectivity index (χ3n) is 3.86. The quantitative estimate of drug-likeness (QED) is 0.703. The zero-order valence-electron chi connectivity index (χ0n) is 8.63. The highest BCUT2D eigenvalue weighted by Crippen LogP contribution is 2.36. The van der Waals surface area contributed by atoms with E-state index in [2.05, 4.69) is 11.8 Å². The molecular weight excluding hydrogens is 162 g/mol. The molecule has 2 nitrogen and oxygen atoms in total. The first-order valence-electron chi connectivity index (χ1n) is 5.65. The normalized spacial score (nSPS) is 41.5. The van der Waals surface area contributed by atoms with E-state index in [1.807, 2.05) is 0 Å². The Morgan fingerprint density at radius 3 is 2.54 bits per heavy atom. The second kappa shape index (κ2) is 3.58. The molecule has 0 spiro atoms. The highest BCUT2D eigenvalue weighted by atomic mass is 16.3. The van der Waals surface area contributed by atoms with Gasteiger partial charge >= 0.3 is 0 Å². The summed E-state index contributed by atoms with van der Waals surface area (Å²) >= 11 is 0. The smallest absolute Gasteiger partial charge is 0.0799 e. The topological polar surface area (TPSA) is 23.5 Å². The Balaban J connectivity index is 1.91. The van der Waals surface area contributed by atoms with Crippen molar-refractivity contribution in [2.75, 3.05) is 19.6 Å². The van der Waals surface area contributed by atoms with Gasteiger partial charge in [-0.1, -0.05) is 13.3 Å². The van der Waals surface area contributed by atoms with E-state index in [1.54, 1.807) is 0 Å². The van der Waals surface area contributed by atoms with Gasteiger partial charge in [-0.05, 0) is 44.7 Å². The summed E-state index contributed by atoms with van der Waals surface area (Å²) in [6, 6.07) is 0. The van der Waals surface area contributed by atoms with Crippen LogP contribution in [0, 0.1) is 5.92 Å². The summed E-state index contributed by atoms with van der Waals surface area (Å²) in [7, 11) is 0. The maximum atomic E-state index is 10.4. The van der Waals surface area contributed by atoms with E-state index in [1.165, 1.54) is 38.8 Å². The highest BCUT2D eigenvalue weighted by Gasteiger charge is 2.39. The summed E-state index contributed by atoms with van der Waals surface area (Å²) in [6.45, 7) is 5.53. The first-order chi connectivity index (χ1) is 6.21. The molecule has 2 atom stereocenters. The molecular formula is C11H21NO. The number of rotatable bonds is 2. The maximum Gasteiger partial charge on any atom is 0.0799 e. The second-order valence-electron chi connectivity index (χ2n) is 4.88. The number of hydrogen-bond donors (Lipinski definition) is 1. The van der Waals surface area contributed by atoms with Gasteiger partial charge in [-0.2, -0.15) is 0 Å². The largest absolute Gasteiger partial charge is 0.388 e. The van der Waals surface area contributed by atoms with Crippen molar-refractivity contribution in [3.8, 4) is 0 Å². The molecule has 0 aromatic carbocycles. The van der Waals surface area contributed by atoms with Gasteiger partial charge in [0, 0.05) is 6.54 Å². The van der Waals surface area contributed by atoms with Gasteiger partial charge in [0.15, 0.2) is 0 Å². The van der Waals surface area contributed by atoms with Crippen LogP contribution in [0.4, 0.5) is 0 Å². The minimum absolute atomic E-state index is 0.357. The van der Waals surface area contributed by atoms with Crippen molar-refractivity contribution in [1.29, 1.82) is 0 Å². The summed E-state index contributed by atoms with van der Waals surface area (Å²) in [5.41, 5.74) is -0.357. The van der Waals surface area contributed by atoms with Crippen LogP contribution >= 0.6 is 0 Å². The summed E-state index contributed by atoms with van der Waals surface area (Å²) in [5.74, 6) is 0.507. The van der Waals surface area contributed by atoms with E-state index in [9.17, 15) is 5.11 Å². The molecule has 1 N–H and O–H groups in total. The summed E-state index contributed by atoms with van der Waals surface area (Å²) < 4.78 is 0. The fraction of sp³-hybridized carbons (Fsp3) is 1.00. The van der Waals surface area contributed by atoms with Crippen LogP contribution in [0.1, 0.15) is 39.0 Å². The highest BCUT2D eigenvalue weighted by molar-refractivity contribution is 4.93. The van der Waals surface area contributed by atoms with Crippen LogP contribution in [0.15, 0.2) is 0 Å². The van der Waals surface area contributed by atoms with Gasteiger partial charge in [0.25, 0.3) is 0 Å². The molecule has 1 saturated heterocycles. The zero-order valence-corrected chi connectivity index (χ0v) is 8.63. The molecule has 2 aliphatic rings. The zero-order chi connectivity index (χ0) is 9.31. The molecule has 76 valence electrons. The Labute approximate surface area is 80.9 Å². The lowest BCUT2D eigenvalue weighted by Crippen LogP contribution is -2.43. The van der Waals surface area contributed by atoms with Crippen LogP contribution in [0.2, 0.25) is 0 Å². The average Bonchev–Trinajstić information content (AvgIpc) is 2.65. The van der Waals surface area contributed by atoms with Crippen molar-refractivity contribution in [1.82, 2.24) is 4.90 Å². The van der Waals surface area contributed by atoms with Gasteiger partial charge in [0.05, 0.1) is 5.60 Å². The van der Waals surface area contributed by atoms with E-state index in [-0.39, 0.29) is 5.60 Å². The Bertz CT molecular complexity index is 177. The van der Waals surface area contributed by atoms with E-state index in [0.717, 1.165) is 13.0 Å². The maximum absolute atomic E-state index is 10.4. The lowest BCUT2D eigenvalue weighted by molar-refractivity contribution is -0.0177. The SMILES string of the molecule is CC1CCCC1(O)CN1CCCC1. The van der Waals surface area contributed by atoms with Crippen LogP contribution in [0.3, 0.4) is 0 Å². The summed E-state index contributed by atoms with van der Waals surface area (Å²) in [4.78, 5) is 2.43. The minimum atomic E-state index is -0.357. The van der Waals surface area contributed by atoms with Gasteiger partial charge in [0.2, 0.25) is 0 Å².